The molecular formula is C15H19NOS. The summed E-state index contributed by atoms with van der Waals surface area (Å²) in [6.07, 6.45) is 3.70. The second kappa shape index (κ2) is 6.12. The number of nitrogens with two attached hydrogens (primary N) is 1. The standard InChI is InChI=1S/C15H19NOS/c1-3-13(16)10-12-4-6-14(7-5-12)18-15-8-9-17-11(15)2/h4-9,13H,3,10,16H2,1-2H3. The van der Waals surface area contributed by atoms with E-state index in [9.17, 15) is 0 Å². The zero-order valence-corrected chi connectivity index (χ0v) is 11.7. The SMILES string of the molecule is CCC(N)Cc1ccc(Sc2ccoc2C)cc1. The summed E-state index contributed by atoms with van der Waals surface area (Å²) in [5.41, 5.74) is 7.26. The zero-order chi connectivity index (χ0) is 13.0. The van der Waals surface area contributed by atoms with Gasteiger partial charge in [0.25, 0.3) is 0 Å². The van der Waals surface area contributed by atoms with E-state index < -0.39 is 0 Å². The molecule has 0 aliphatic carbocycles. The van der Waals surface area contributed by atoms with E-state index in [0.29, 0.717) is 0 Å². The van der Waals surface area contributed by atoms with Gasteiger partial charge >= 0.3 is 0 Å². The first-order valence-electron chi connectivity index (χ1n) is 6.25. The highest BCUT2D eigenvalue weighted by Gasteiger charge is 2.05. The molecule has 1 aromatic heterocycles. The van der Waals surface area contributed by atoms with Crippen LogP contribution in [0.5, 0.6) is 0 Å². The molecule has 2 nitrogen and oxygen atoms in total. The van der Waals surface area contributed by atoms with Gasteiger partial charge in [0.05, 0.1) is 11.2 Å². The first-order valence-corrected chi connectivity index (χ1v) is 7.07. The van der Waals surface area contributed by atoms with Crippen molar-refractivity contribution in [3.63, 3.8) is 0 Å². The van der Waals surface area contributed by atoms with E-state index in [0.717, 1.165) is 18.6 Å². The van der Waals surface area contributed by atoms with Crippen LogP contribution < -0.4 is 5.73 Å². The van der Waals surface area contributed by atoms with Crippen LogP contribution >= 0.6 is 11.8 Å². The van der Waals surface area contributed by atoms with Gasteiger partial charge in [-0.2, -0.15) is 0 Å². The lowest BCUT2D eigenvalue weighted by atomic mass is 10.1. The van der Waals surface area contributed by atoms with Crippen LogP contribution in [0.2, 0.25) is 0 Å². The lowest BCUT2D eigenvalue weighted by molar-refractivity contribution is 0.527. The predicted molar refractivity (Wildman–Crippen MR) is 76.0 cm³/mol. The van der Waals surface area contributed by atoms with Crippen LogP contribution in [0.25, 0.3) is 0 Å². The van der Waals surface area contributed by atoms with Crippen molar-refractivity contribution in [1.29, 1.82) is 0 Å². The highest BCUT2D eigenvalue weighted by Crippen LogP contribution is 2.30. The molecule has 96 valence electrons. The fraction of sp³-hybridized carbons (Fsp3) is 0.333. The summed E-state index contributed by atoms with van der Waals surface area (Å²) in [6.45, 7) is 4.10. The molecule has 1 aromatic carbocycles. The van der Waals surface area contributed by atoms with E-state index in [1.807, 2.05) is 13.0 Å². The van der Waals surface area contributed by atoms with Crippen molar-refractivity contribution in [1.82, 2.24) is 0 Å². The Bertz CT molecular complexity index is 489. The second-order valence-electron chi connectivity index (χ2n) is 4.46. The highest BCUT2D eigenvalue weighted by atomic mass is 32.2. The fourth-order valence-corrected chi connectivity index (χ4v) is 2.59. The first-order chi connectivity index (χ1) is 8.69. The lowest BCUT2D eigenvalue weighted by Gasteiger charge is -2.09. The molecule has 0 spiro atoms. The maximum absolute atomic E-state index is 5.95. The Labute approximate surface area is 113 Å². The molecule has 18 heavy (non-hydrogen) atoms. The van der Waals surface area contributed by atoms with Crippen LogP contribution in [0.3, 0.4) is 0 Å². The van der Waals surface area contributed by atoms with Crippen LogP contribution in [0.15, 0.2) is 50.8 Å². The van der Waals surface area contributed by atoms with Gasteiger partial charge in [-0.15, -0.1) is 0 Å². The maximum Gasteiger partial charge on any atom is 0.114 e. The predicted octanol–water partition coefficient (Wildman–Crippen LogP) is 4.02. The smallest absolute Gasteiger partial charge is 0.114 e. The third kappa shape index (κ3) is 3.40. The average Bonchev–Trinajstić information content (AvgIpc) is 2.77. The fourth-order valence-electron chi connectivity index (χ4n) is 1.75. The molecule has 0 amide bonds. The minimum Gasteiger partial charge on any atom is -0.468 e. The van der Waals surface area contributed by atoms with Gasteiger partial charge in [0.2, 0.25) is 0 Å². The molecule has 0 aliphatic rings. The Balaban J connectivity index is 2.02. The van der Waals surface area contributed by atoms with Crippen molar-refractivity contribution < 1.29 is 4.42 Å². The summed E-state index contributed by atoms with van der Waals surface area (Å²) in [4.78, 5) is 2.40. The van der Waals surface area contributed by atoms with E-state index >= 15 is 0 Å². The summed E-state index contributed by atoms with van der Waals surface area (Å²) in [7, 11) is 0. The van der Waals surface area contributed by atoms with Gasteiger partial charge in [-0.25, -0.2) is 0 Å². The molecule has 1 heterocycles. The Kier molecular flexibility index (Phi) is 4.50. The molecule has 0 saturated heterocycles. The molecule has 0 fully saturated rings. The Morgan fingerprint density at radius 1 is 1.22 bits per heavy atom. The van der Waals surface area contributed by atoms with Gasteiger partial charge in [0.15, 0.2) is 0 Å². The van der Waals surface area contributed by atoms with Crippen molar-refractivity contribution in [2.75, 3.05) is 0 Å². The van der Waals surface area contributed by atoms with Crippen LogP contribution in [-0.2, 0) is 6.42 Å². The normalized spacial score (nSPS) is 12.6. The molecule has 0 saturated carbocycles. The molecule has 0 aliphatic heterocycles. The summed E-state index contributed by atoms with van der Waals surface area (Å²) in [6, 6.07) is 10.9. The molecule has 0 radical (unpaired) electrons. The van der Waals surface area contributed by atoms with Gasteiger partial charge in [0.1, 0.15) is 5.76 Å². The number of rotatable bonds is 5. The first kappa shape index (κ1) is 13.2. The Morgan fingerprint density at radius 3 is 2.50 bits per heavy atom. The molecule has 1 unspecified atom stereocenters. The second-order valence-corrected chi connectivity index (χ2v) is 5.57. The Hall–Kier alpha value is -1.19. The summed E-state index contributed by atoms with van der Waals surface area (Å²) < 4.78 is 5.29. The van der Waals surface area contributed by atoms with Crippen LogP contribution in [-0.4, -0.2) is 6.04 Å². The summed E-state index contributed by atoms with van der Waals surface area (Å²) >= 11 is 1.73. The monoisotopic (exact) mass is 261 g/mol. The third-order valence-electron chi connectivity index (χ3n) is 2.98. The van der Waals surface area contributed by atoms with E-state index in [4.69, 9.17) is 10.2 Å². The molecule has 2 aromatic rings. The van der Waals surface area contributed by atoms with Crippen molar-refractivity contribution >= 4 is 11.8 Å². The molecule has 2 N–H and O–H groups in total. The minimum absolute atomic E-state index is 0.264. The maximum atomic E-state index is 5.95. The van der Waals surface area contributed by atoms with Crippen LogP contribution in [0.4, 0.5) is 0 Å². The average molecular weight is 261 g/mol. The van der Waals surface area contributed by atoms with Crippen molar-refractivity contribution in [2.45, 2.75) is 42.5 Å². The third-order valence-corrected chi connectivity index (χ3v) is 4.14. The Morgan fingerprint density at radius 2 is 1.94 bits per heavy atom. The number of benzene rings is 1. The van der Waals surface area contributed by atoms with E-state index in [2.05, 4.69) is 31.2 Å². The van der Waals surface area contributed by atoms with Gasteiger partial charge < -0.3 is 10.2 Å². The number of furan rings is 1. The van der Waals surface area contributed by atoms with E-state index in [1.54, 1.807) is 18.0 Å². The van der Waals surface area contributed by atoms with Gasteiger partial charge in [-0.3, -0.25) is 0 Å². The molecule has 0 bridgehead atoms. The molecular weight excluding hydrogens is 242 g/mol. The van der Waals surface area contributed by atoms with Crippen molar-refractivity contribution in [3.05, 3.63) is 47.9 Å². The lowest BCUT2D eigenvalue weighted by Crippen LogP contribution is -2.21. The minimum atomic E-state index is 0.264. The van der Waals surface area contributed by atoms with Crippen LogP contribution in [0, 0.1) is 6.92 Å². The van der Waals surface area contributed by atoms with Gasteiger partial charge in [-0.05, 0) is 43.5 Å². The van der Waals surface area contributed by atoms with E-state index in [-0.39, 0.29) is 6.04 Å². The largest absolute Gasteiger partial charge is 0.468 e. The topological polar surface area (TPSA) is 39.2 Å². The van der Waals surface area contributed by atoms with Gasteiger partial charge in [0, 0.05) is 10.9 Å². The molecule has 2 rings (SSSR count). The van der Waals surface area contributed by atoms with E-state index in [1.165, 1.54) is 15.4 Å². The number of hydrogen-bond donors (Lipinski definition) is 1. The highest BCUT2D eigenvalue weighted by molar-refractivity contribution is 7.99. The summed E-state index contributed by atoms with van der Waals surface area (Å²) in [5.74, 6) is 0.970. The zero-order valence-electron chi connectivity index (χ0n) is 10.8. The number of aryl methyl sites for hydroxylation is 1. The van der Waals surface area contributed by atoms with Crippen molar-refractivity contribution in [3.8, 4) is 0 Å². The van der Waals surface area contributed by atoms with Crippen LogP contribution in [0.1, 0.15) is 24.7 Å². The van der Waals surface area contributed by atoms with Gasteiger partial charge in [-0.1, -0.05) is 30.8 Å². The van der Waals surface area contributed by atoms with Crippen molar-refractivity contribution in [2.24, 2.45) is 5.73 Å². The quantitative estimate of drug-likeness (QED) is 0.883. The summed E-state index contributed by atoms with van der Waals surface area (Å²) in [5, 5.41) is 0. The number of hydrogen-bond acceptors (Lipinski definition) is 3. The molecule has 3 heteroatoms. The molecule has 1 atom stereocenters.